The molecule has 0 aromatic heterocycles. The van der Waals surface area contributed by atoms with Crippen LogP contribution in [0, 0.1) is 5.82 Å². The van der Waals surface area contributed by atoms with Gasteiger partial charge in [-0.1, -0.05) is 12.1 Å². The van der Waals surface area contributed by atoms with Crippen LogP contribution in [-0.4, -0.2) is 43.2 Å². The first-order chi connectivity index (χ1) is 9.63. The summed E-state index contributed by atoms with van der Waals surface area (Å²) in [5.41, 5.74) is 6.45. The van der Waals surface area contributed by atoms with Crippen LogP contribution in [0.2, 0.25) is 0 Å². The second-order valence-corrected chi connectivity index (χ2v) is 5.17. The number of likely N-dealkylation sites (tertiary alicyclic amines) is 1. The third kappa shape index (κ3) is 3.55. The van der Waals surface area contributed by atoms with Crippen molar-refractivity contribution in [1.29, 1.82) is 0 Å². The van der Waals surface area contributed by atoms with E-state index in [-0.39, 0.29) is 30.3 Å². The number of carbonyl (C=O) groups excluding carboxylic acids is 1. The quantitative estimate of drug-likeness (QED) is 0.905. The number of halogens is 1. The van der Waals surface area contributed by atoms with Gasteiger partial charge in [-0.15, -0.1) is 0 Å². The minimum atomic E-state index is -0.316. The molecule has 2 rings (SSSR count). The topological polar surface area (TPSA) is 55.6 Å². The molecule has 110 valence electrons. The minimum Gasteiger partial charge on any atom is -0.381 e. The lowest BCUT2D eigenvalue weighted by Gasteiger charge is -2.38. The van der Waals surface area contributed by atoms with Crippen molar-refractivity contribution in [2.75, 3.05) is 20.2 Å². The Hall–Kier alpha value is -1.46. The third-order valence-electron chi connectivity index (χ3n) is 3.84. The van der Waals surface area contributed by atoms with E-state index >= 15 is 0 Å². The van der Waals surface area contributed by atoms with Crippen LogP contribution in [-0.2, 0) is 16.0 Å². The van der Waals surface area contributed by atoms with Crippen LogP contribution < -0.4 is 5.73 Å². The molecule has 0 spiro atoms. The van der Waals surface area contributed by atoms with Crippen molar-refractivity contribution in [3.8, 4) is 0 Å². The van der Waals surface area contributed by atoms with Crippen LogP contribution in [0.4, 0.5) is 4.39 Å². The van der Waals surface area contributed by atoms with E-state index in [1.807, 2.05) is 0 Å². The fourth-order valence-corrected chi connectivity index (χ4v) is 2.70. The molecule has 1 fully saturated rings. The van der Waals surface area contributed by atoms with Gasteiger partial charge in [-0.2, -0.15) is 0 Å². The highest BCUT2D eigenvalue weighted by atomic mass is 19.1. The average Bonchev–Trinajstić information content (AvgIpc) is 2.46. The smallest absolute Gasteiger partial charge is 0.227 e. The molecule has 0 aliphatic carbocycles. The van der Waals surface area contributed by atoms with E-state index in [2.05, 4.69) is 0 Å². The molecule has 1 aromatic carbocycles. The van der Waals surface area contributed by atoms with E-state index in [1.165, 1.54) is 12.1 Å². The number of nitrogens with zero attached hydrogens (tertiary/aromatic N) is 1. The maximum absolute atomic E-state index is 13.1. The van der Waals surface area contributed by atoms with Crippen molar-refractivity contribution < 1.29 is 13.9 Å². The molecular weight excluding hydrogens is 259 g/mol. The summed E-state index contributed by atoms with van der Waals surface area (Å²) in [5.74, 6) is -0.315. The fourth-order valence-electron chi connectivity index (χ4n) is 2.70. The summed E-state index contributed by atoms with van der Waals surface area (Å²) in [5, 5.41) is 0. The highest BCUT2D eigenvalue weighted by Gasteiger charge is 2.30. The number of ether oxygens (including phenoxy) is 1. The van der Waals surface area contributed by atoms with Gasteiger partial charge in [0.05, 0.1) is 12.5 Å². The maximum atomic E-state index is 13.1. The van der Waals surface area contributed by atoms with Gasteiger partial charge in [-0.3, -0.25) is 4.79 Å². The van der Waals surface area contributed by atoms with Gasteiger partial charge in [0.25, 0.3) is 0 Å². The zero-order valence-electron chi connectivity index (χ0n) is 11.7. The molecule has 1 heterocycles. The number of nitrogens with two attached hydrogens (primary N) is 1. The predicted octanol–water partition coefficient (Wildman–Crippen LogP) is 1.33. The van der Waals surface area contributed by atoms with Crippen LogP contribution >= 0.6 is 0 Å². The highest BCUT2D eigenvalue weighted by Crippen LogP contribution is 2.20. The lowest BCUT2D eigenvalue weighted by molar-refractivity contribution is -0.136. The molecule has 20 heavy (non-hydrogen) atoms. The Labute approximate surface area is 118 Å². The molecule has 0 saturated carbocycles. The molecule has 1 amide bonds. The van der Waals surface area contributed by atoms with Gasteiger partial charge >= 0.3 is 0 Å². The van der Waals surface area contributed by atoms with E-state index < -0.39 is 0 Å². The molecule has 1 aliphatic rings. The van der Waals surface area contributed by atoms with Crippen molar-refractivity contribution in [3.05, 3.63) is 35.6 Å². The van der Waals surface area contributed by atoms with Gasteiger partial charge in [0.15, 0.2) is 0 Å². The van der Waals surface area contributed by atoms with Gasteiger partial charge in [0, 0.05) is 26.2 Å². The van der Waals surface area contributed by atoms with Crippen molar-refractivity contribution in [2.45, 2.75) is 31.4 Å². The Morgan fingerprint density at radius 3 is 3.00 bits per heavy atom. The Morgan fingerprint density at radius 1 is 1.55 bits per heavy atom. The van der Waals surface area contributed by atoms with Crippen molar-refractivity contribution in [2.24, 2.45) is 5.73 Å². The lowest BCUT2D eigenvalue weighted by Crippen LogP contribution is -2.51. The molecular formula is C15H21FN2O2. The van der Waals surface area contributed by atoms with E-state index in [0.717, 1.165) is 12.8 Å². The zero-order chi connectivity index (χ0) is 14.5. The van der Waals surface area contributed by atoms with Crippen LogP contribution in [0.5, 0.6) is 0 Å². The summed E-state index contributed by atoms with van der Waals surface area (Å²) < 4.78 is 18.5. The van der Waals surface area contributed by atoms with Gasteiger partial charge in [0.2, 0.25) is 5.91 Å². The van der Waals surface area contributed by atoms with Crippen LogP contribution in [0.3, 0.4) is 0 Å². The number of hydrogen-bond donors (Lipinski definition) is 1. The molecule has 1 aliphatic heterocycles. The number of methoxy groups -OCH3 is 1. The third-order valence-corrected chi connectivity index (χ3v) is 3.84. The van der Waals surface area contributed by atoms with Gasteiger partial charge in [-0.05, 0) is 30.5 Å². The van der Waals surface area contributed by atoms with E-state index in [4.69, 9.17) is 10.5 Å². The summed E-state index contributed by atoms with van der Waals surface area (Å²) in [4.78, 5) is 14.2. The second-order valence-electron chi connectivity index (χ2n) is 5.17. The Balaban J connectivity index is 2.01. The lowest BCUT2D eigenvalue weighted by atomic mass is 9.98. The monoisotopic (exact) mass is 280 g/mol. The Morgan fingerprint density at radius 2 is 2.35 bits per heavy atom. The van der Waals surface area contributed by atoms with Crippen molar-refractivity contribution in [3.63, 3.8) is 0 Å². The summed E-state index contributed by atoms with van der Waals surface area (Å²) >= 11 is 0. The van der Waals surface area contributed by atoms with Crippen molar-refractivity contribution >= 4 is 5.91 Å². The van der Waals surface area contributed by atoms with Gasteiger partial charge < -0.3 is 15.4 Å². The normalized spacial score (nSPS) is 22.9. The molecule has 5 heteroatoms. The zero-order valence-corrected chi connectivity index (χ0v) is 11.7. The van der Waals surface area contributed by atoms with E-state index in [1.54, 1.807) is 24.1 Å². The summed E-state index contributed by atoms with van der Waals surface area (Å²) in [6, 6.07) is 6.17. The second kappa shape index (κ2) is 6.81. The fraction of sp³-hybridized carbons (Fsp3) is 0.533. The highest BCUT2D eigenvalue weighted by molar-refractivity contribution is 5.79. The Kier molecular flexibility index (Phi) is 5.09. The number of amides is 1. The SMILES string of the molecule is COC1CCN(C(=O)Cc2cccc(F)c2)C(CN)C1. The summed E-state index contributed by atoms with van der Waals surface area (Å²) in [6.45, 7) is 1.07. The summed E-state index contributed by atoms with van der Waals surface area (Å²) in [7, 11) is 1.68. The molecule has 1 saturated heterocycles. The van der Waals surface area contributed by atoms with Gasteiger partial charge in [0.1, 0.15) is 5.82 Å². The first-order valence-electron chi connectivity index (χ1n) is 6.90. The van der Waals surface area contributed by atoms with E-state index in [0.29, 0.717) is 18.7 Å². The van der Waals surface area contributed by atoms with Gasteiger partial charge in [-0.25, -0.2) is 4.39 Å². The van der Waals surface area contributed by atoms with Crippen molar-refractivity contribution in [1.82, 2.24) is 4.90 Å². The van der Waals surface area contributed by atoms with E-state index in [9.17, 15) is 9.18 Å². The first kappa shape index (κ1) is 14.9. The molecule has 1 aromatic rings. The standard InChI is InChI=1S/C15H21FN2O2/c1-20-14-5-6-18(13(9-14)10-17)15(19)8-11-3-2-4-12(16)7-11/h2-4,7,13-14H,5-6,8-10,17H2,1H3. The van der Waals surface area contributed by atoms with Crippen LogP contribution in [0.15, 0.2) is 24.3 Å². The molecule has 4 nitrogen and oxygen atoms in total. The number of hydrogen-bond acceptors (Lipinski definition) is 3. The number of piperidine rings is 1. The number of rotatable bonds is 4. The molecule has 2 unspecified atom stereocenters. The first-order valence-corrected chi connectivity index (χ1v) is 6.90. The molecule has 0 bridgehead atoms. The summed E-state index contributed by atoms with van der Waals surface area (Å²) in [6.07, 6.45) is 1.97. The predicted molar refractivity (Wildman–Crippen MR) is 74.7 cm³/mol. The molecule has 0 radical (unpaired) electrons. The maximum Gasteiger partial charge on any atom is 0.227 e. The molecule has 2 N–H and O–H groups in total. The number of carbonyl (C=O) groups is 1. The van der Waals surface area contributed by atoms with Crippen LogP contribution in [0.1, 0.15) is 18.4 Å². The Bertz CT molecular complexity index is 467. The average molecular weight is 280 g/mol. The number of benzene rings is 1. The molecule has 2 atom stereocenters. The minimum absolute atomic E-state index is 0.000558. The largest absolute Gasteiger partial charge is 0.381 e. The van der Waals surface area contributed by atoms with Crippen LogP contribution in [0.25, 0.3) is 0 Å².